The molecule has 0 fully saturated rings. The minimum absolute atomic E-state index is 0.601. The molecule has 0 amide bonds. The van der Waals surface area contributed by atoms with Crippen LogP contribution in [0.2, 0.25) is 0 Å². The minimum atomic E-state index is 0.601. The molecule has 0 spiro atoms. The van der Waals surface area contributed by atoms with Crippen LogP contribution in [0.4, 0.5) is 5.95 Å². The van der Waals surface area contributed by atoms with Crippen molar-refractivity contribution in [3.8, 4) is 0 Å². The molecule has 0 bridgehead atoms. The highest BCUT2D eigenvalue weighted by molar-refractivity contribution is 5.81. The van der Waals surface area contributed by atoms with Gasteiger partial charge in [0.1, 0.15) is 0 Å². The number of H-pyrrole nitrogens is 1. The zero-order chi connectivity index (χ0) is 9.42. The Morgan fingerprint density at radius 3 is 2.85 bits per heavy atom. The SMILES string of the molecule is Cc1ccc2[nH]c(NN)nc2c1C. The second kappa shape index (κ2) is 2.74. The van der Waals surface area contributed by atoms with Gasteiger partial charge in [-0.25, -0.2) is 10.8 Å². The normalized spacial score (nSPS) is 10.7. The van der Waals surface area contributed by atoms with Gasteiger partial charge in [-0.3, -0.25) is 5.43 Å². The summed E-state index contributed by atoms with van der Waals surface area (Å²) in [6.45, 7) is 4.12. The largest absolute Gasteiger partial charge is 0.323 e. The van der Waals surface area contributed by atoms with E-state index in [1.807, 2.05) is 6.07 Å². The summed E-state index contributed by atoms with van der Waals surface area (Å²) in [4.78, 5) is 7.37. The van der Waals surface area contributed by atoms with Crippen molar-refractivity contribution in [3.63, 3.8) is 0 Å². The van der Waals surface area contributed by atoms with E-state index in [2.05, 4.69) is 35.3 Å². The molecule has 2 aromatic rings. The van der Waals surface area contributed by atoms with Gasteiger partial charge in [-0.2, -0.15) is 0 Å². The standard InChI is InChI=1S/C9H12N4/c1-5-3-4-7-8(6(5)2)12-9(11-7)13-10/h3-4H,10H2,1-2H3,(H2,11,12,13). The lowest BCUT2D eigenvalue weighted by molar-refractivity contribution is 1.21. The molecule has 1 aromatic heterocycles. The van der Waals surface area contributed by atoms with Crippen LogP contribution in [0, 0.1) is 13.8 Å². The zero-order valence-electron chi connectivity index (χ0n) is 7.68. The van der Waals surface area contributed by atoms with E-state index in [1.54, 1.807) is 0 Å². The maximum absolute atomic E-state index is 5.26. The molecule has 0 atom stereocenters. The number of hydrazine groups is 1. The van der Waals surface area contributed by atoms with Crippen molar-refractivity contribution in [1.29, 1.82) is 0 Å². The molecule has 68 valence electrons. The average molecular weight is 176 g/mol. The van der Waals surface area contributed by atoms with Gasteiger partial charge in [0.25, 0.3) is 0 Å². The maximum atomic E-state index is 5.26. The van der Waals surface area contributed by atoms with Crippen LogP contribution in [-0.4, -0.2) is 9.97 Å². The number of aryl methyl sites for hydroxylation is 2. The number of fused-ring (bicyclic) bond motifs is 1. The first-order valence-electron chi connectivity index (χ1n) is 4.15. The second-order valence-electron chi connectivity index (χ2n) is 3.13. The number of nitrogens with zero attached hydrogens (tertiary/aromatic N) is 1. The van der Waals surface area contributed by atoms with Gasteiger partial charge in [0, 0.05) is 0 Å². The molecule has 4 nitrogen and oxygen atoms in total. The smallest absolute Gasteiger partial charge is 0.215 e. The maximum Gasteiger partial charge on any atom is 0.215 e. The molecule has 4 N–H and O–H groups in total. The third-order valence-electron chi connectivity index (χ3n) is 2.32. The third-order valence-corrected chi connectivity index (χ3v) is 2.32. The molecular weight excluding hydrogens is 164 g/mol. The molecule has 1 aromatic carbocycles. The molecule has 2 rings (SSSR count). The second-order valence-corrected chi connectivity index (χ2v) is 3.13. The Morgan fingerprint density at radius 1 is 1.38 bits per heavy atom. The number of imidazole rings is 1. The van der Waals surface area contributed by atoms with Crippen molar-refractivity contribution in [1.82, 2.24) is 9.97 Å². The van der Waals surface area contributed by atoms with Crippen molar-refractivity contribution in [3.05, 3.63) is 23.3 Å². The Labute approximate surface area is 76.1 Å². The highest BCUT2D eigenvalue weighted by Crippen LogP contribution is 2.20. The van der Waals surface area contributed by atoms with Crippen LogP contribution < -0.4 is 11.3 Å². The Bertz CT molecular complexity index is 444. The van der Waals surface area contributed by atoms with E-state index in [0.29, 0.717) is 5.95 Å². The summed E-state index contributed by atoms with van der Waals surface area (Å²) in [5.41, 5.74) is 6.91. The summed E-state index contributed by atoms with van der Waals surface area (Å²) in [5, 5.41) is 0. The van der Waals surface area contributed by atoms with Crippen LogP contribution in [0.25, 0.3) is 11.0 Å². The predicted octanol–water partition coefficient (Wildman–Crippen LogP) is 1.47. The van der Waals surface area contributed by atoms with Gasteiger partial charge in [-0.05, 0) is 31.0 Å². The molecule has 0 radical (unpaired) electrons. The first-order valence-corrected chi connectivity index (χ1v) is 4.15. The minimum Gasteiger partial charge on any atom is -0.323 e. The van der Waals surface area contributed by atoms with Gasteiger partial charge in [0.15, 0.2) is 0 Å². The van der Waals surface area contributed by atoms with E-state index < -0.39 is 0 Å². The number of rotatable bonds is 1. The summed E-state index contributed by atoms with van der Waals surface area (Å²) < 4.78 is 0. The van der Waals surface area contributed by atoms with E-state index in [-0.39, 0.29) is 0 Å². The van der Waals surface area contributed by atoms with Crippen LogP contribution in [0.3, 0.4) is 0 Å². The molecule has 0 aliphatic rings. The predicted molar refractivity (Wildman–Crippen MR) is 53.4 cm³/mol. The van der Waals surface area contributed by atoms with E-state index in [0.717, 1.165) is 11.0 Å². The van der Waals surface area contributed by atoms with Crippen molar-refractivity contribution in [2.75, 3.05) is 5.43 Å². The number of anilines is 1. The van der Waals surface area contributed by atoms with E-state index in [9.17, 15) is 0 Å². The van der Waals surface area contributed by atoms with Gasteiger partial charge >= 0.3 is 0 Å². The van der Waals surface area contributed by atoms with Gasteiger partial charge < -0.3 is 4.98 Å². The Hall–Kier alpha value is -1.55. The lowest BCUT2D eigenvalue weighted by Gasteiger charge is -1.97. The number of nitrogens with two attached hydrogens (primary N) is 1. The first kappa shape index (κ1) is 8.07. The number of nitrogen functional groups attached to an aromatic ring is 1. The van der Waals surface area contributed by atoms with Gasteiger partial charge in [-0.15, -0.1) is 0 Å². The fraction of sp³-hybridized carbons (Fsp3) is 0.222. The molecule has 0 saturated heterocycles. The molecule has 4 heteroatoms. The summed E-state index contributed by atoms with van der Waals surface area (Å²) in [7, 11) is 0. The van der Waals surface area contributed by atoms with E-state index in [4.69, 9.17) is 5.84 Å². The topological polar surface area (TPSA) is 66.7 Å². The molecule has 0 saturated carbocycles. The lowest BCUT2D eigenvalue weighted by Crippen LogP contribution is -2.07. The molecule has 0 unspecified atom stereocenters. The average Bonchev–Trinajstić information content (AvgIpc) is 2.55. The van der Waals surface area contributed by atoms with Crippen LogP contribution in [0.1, 0.15) is 11.1 Å². The first-order chi connectivity index (χ1) is 6.22. The highest BCUT2D eigenvalue weighted by atomic mass is 15.3. The Morgan fingerprint density at radius 2 is 2.15 bits per heavy atom. The Kier molecular flexibility index (Phi) is 1.70. The fourth-order valence-electron chi connectivity index (χ4n) is 1.38. The van der Waals surface area contributed by atoms with Crippen molar-refractivity contribution in [2.24, 2.45) is 5.84 Å². The number of hydrogen-bond donors (Lipinski definition) is 3. The molecule has 1 heterocycles. The molecular formula is C9H12N4. The van der Waals surface area contributed by atoms with Crippen molar-refractivity contribution in [2.45, 2.75) is 13.8 Å². The fourth-order valence-corrected chi connectivity index (χ4v) is 1.38. The number of nitrogens with one attached hydrogen (secondary N) is 2. The number of hydrogen-bond acceptors (Lipinski definition) is 3. The lowest BCUT2D eigenvalue weighted by atomic mass is 10.1. The summed E-state index contributed by atoms with van der Waals surface area (Å²) in [6.07, 6.45) is 0. The van der Waals surface area contributed by atoms with Gasteiger partial charge in [0.2, 0.25) is 5.95 Å². The molecule has 0 aliphatic carbocycles. The van der Waals surface area contributed by atoms with Gasteiger partial charge in [0.05, 0.1) is 11.0 Å². The molecule has 0 aliphatic heterocycles. The van der Waals surface area contributed by atoms with Crippen LogP contribution in [0.5, 0.6) is 0 Å². The summed E-state index contributed by atoms with van der Waals surface area (Å²) in [6, 6.07) is 4.07. The van der Waals surface area contributed by atoms with Crippen molar-refractivity contribution >= 4 is 17.0 Å². The summed E-state index contributed by atoms with van der Waals surface area (Å²) >= 11 is 0. The quantitative estimate of drug-likeness (QED) is 0.455. The monoisotopic (exact) mass is 176 g/mol. The highest BCUT2D eigenvalue weighted by Gasteiger charge is 2.04. The van der Waals surface area contributed by atoms with Gasteiger partial charge in [-0.1, -0.05) is 6.07 Å². The van der Waals surface area contributed by atoms with Crippen LogP contribution in [-0.2, 0) is 0 Å². The zero-order valence-corrected chi connectivity index (χ0v) is 7.68. The molecule has 13 heavy (non-hydrogen) atoms. The number of benzene rings is 1. The number of aromatic nitrogens is 2. The van der Waals surface area contributed by atoms with E-state index >= 15 is 0 Å². The van der Waals surface area contributed by atoms with Crippen molar-refractivity contribution < 1.29 is 0 Å². The number of aromatic amines is 1. The van der Waals surface area contributed by atoms with E-state index in [1.165, 1.54) is 11.1 Å². The third kappa shape index (κ3) is 1.15. The van der Waals surface area contributed by atoms with Crippen LogP contribution in [0.15, 0.2) is 12.1 Å². The summed E-state index contributed by atoms with van der Waals surface area (Å²) in [5.74, 6) is 5.86. The van der Waals surface area contributed by atoms with Crippen LogP contribution >= 0.6 is 0 Å². The Balaban J connectivity index is 2.76.